The van der Waals surface area contributed by atoms with Gasteiger partial charge in [0.2, 0.25) is 10.0 Å². The number of thioether (sulfide) groups is 1. The van der Waals surface area contributed by atoms with Crippen molar-refractivity contribution in [2.45, 2.75) is 60.8 Å². The topological polar surface area (TPSA) is 66.5 Å². The Hall–Kier alpha value is -1.05. The maximum absolute atomic E-state index is 12.8. The van der Waals surface area contributed by atoms with Crippen LogP contribution >= 0.6 is 11.8 Å². The average Bonchev–Trinajstić information content (AvgIpc) is 3.15. The quantitative estimate of drug-likeness (QED) is 0.794. The molecule has 1 aliphatic heterocycles. The zero-order chi connectivity index (χ0) is 17.9. The highest BCUT2D eigenvalue weighted by Gasteiger charge is 2.26. The highest BCUT2D eigenvalue weighted by atomic mass is 32.2. The molecule has 25 heavy (non-hydrogen) atoms. The largest absolute Gasteiger partial charge is 0.339 e. The third-order valence-corrected chi connectivity index (χ3v) is 7.35. The number of rotatable bonds is 5. The lowest BCUT2D eigenvalue weighted by atomic mass is 9.96. The van der Waals surface area contributed by atoms with E-state index in [1.54, 1.807) is 18.2 Å². The lowest BCUT2D eigenvalue weighted by Crippen LogP contribution is -2.36. The van der Waals surface area contributed by atoms with Gasteiger partial charge in [0.15, 0.2) is 0 Å². The zero-order valence-corrected chi connectivity index (χ0v) is 16.3. The van der Waals surface area contributed by atoms with Crippen LogP contribution in [0.4, 0.5) is 0 Å². The molecule has 3 rings (SSSR count). The SMILES string of the molecule is CSc1ccc(S(=O)(=O)NC2CCCCC2)cc1C(=O)N1CCCC1. The van der Waals surface area contributed by atoms with E-state index in [-0.39, 0.29) is 16.8 Å². The first kappa shape index (κ1) is 18.7. The Labute approximate surface area is 154 Å². The molecule has 5 nitrogen and oxygen atoms in total. The third kappa shape index (κ3) is 4.38. The Morgan fingerprint density at radius 1 is 1.12 bits per heavy atom. The number of carbonyl (C=O) groups is 1. The van der Waals surface area contributed by atoms with Crippen LogP contribution in [0, 0.1) is 0 Å². The van der Waals surface area contributed by atoms with Gasteiger partial charge in [-0.2, -0.15) is 0 Å². The molecule has 1 aromatic carbocycles. The molecule has 1 amide bonds. The van der Waals surface area contributed by atoms with Crippen LogP contribution in [0.3, 0.4) is 0 Å². The fourth-order valence-corrected chi connectivity index (χ4v) is 5.52. The summed E-state index contributed by atoms with van der Waals surface area (Å²) in [7, 11) is -3.59. The number of amides is 1. The van der Waals surface area contributed by atoms with E-state index in [2.05, 4.69) is 4.72 Å². The highest BCUT2D eigenvalue weighted by Crippen LogP contribution is 2.27. The number of carbonyl (C=O) groups excluding carboxylic acids is 1. The van der Waals surface area contributed by atoms with E-state index in [0.29, 0.717) is 5.56 Å². The van der Waals surface area contributed by atoms with Gasteiger partial charge in [0, 0.05) is 24.0 Å². The summed E-state index contributed by atoms with van der Waals surface area (Å²) in [5, 5.41) is 0. The number of sulfonamides is 1. The first-order valence-electron chi connectivity index (χ1n) is 9.01. The lowest BCUT2D eigenvalue weighted by molar-refractivity contribution is 0.0789. The van der Waals surface area contributed by atoms with E-state index in [4.69, 9.17) is 0 Å². The predicted molar refractivity (Wildman–Crippen MR) is 101 cm³/mol. The van der Waals surface area contributed by atoms with E-state index in [1.165, 1.54) is 18.2 Å². The van der Waals surface area contributed by atoms with Crippen molar-refractivity contribution >= 4 is 27.7 Å². The smallest absolute Gasteiger partial charge is 0.255 e. The first-order chi connectivity index (χ1) is 12.0. The molecule has 0 spiro atoms. The van der Waals surface area contributed by atoms with Crippen molar-refractivity contribution in [3.8, 4) is 0 Å². The van der Waals surface area contributed by atoms with Crippen LogP contribution in [0.2, 0.25) is 0 Å². The van der Waals surface area contributed by atoms with Crippen molar-refractivity contribution < 1.29 is 13.2 Å². The number of nitrogens with zero attached hydrogens (tertiary/aromatic N) is 1. The van der Waals surface area contributed by atoms with Crippen LogP contribution in [0.15, 0.2) is 28.0 Å². The second-order valence-electron chi connectivity index (χ2n) is 6.82. The summed E-state index contributed by atoms with van der Waals surface area (Å²) in [6.07, 6.45) is 9.03. The van der Waals surface area contributed by atoms with E-state index in [0.717, 1.165) is 56.5 Å². The third-order valence-electron chi connectivity index (χ3n) is 5.03. The van der Waals surface area contributed by atoms with Crippen molar-refractivity contribution in [2.75, 3.05) is 19.3 Å². The van der Waals surface area contributed by atoms with Crippen LogP contribution in [0.1, 0.15) is 55.3 Å². The predicted octanol–water partition coefficient (Wildman–Crippen LogP) is 3.26. The minimum absolute atomic E-state index is 0.0108. The molecular weight excluding hydrogens is 356 g/mol. The van der Waals surface area contributed by atoms with E-state index in [1.807, 2.05) is 11.2 Å². The number of hydrogen-bond acceptors (Lipinski definition) is 4. The van der Waals surface area contributed by atoms with Gasteiger partial charge in [0.05, 0.1) is 10.5 Å². The minimum atomic E-state index is -3.59. The summed E-state index contributed by atoms with van der Waals surface area (Å²) in [5.41, 5.74) is 0.501. The molecule has 0 bridgehead atoms. The van der Waals surface area contributed by atoms with Gasteiger partial charge < -0.3 is 4.90 Å². The summed E-state index contributed by atoms with van der Waals surface area (Å²) in [6, 6.07) is 4.93. The van der Waals surface area contributed by atoms with E-state index in [9.17, 15) is 13.2 Å². The molecule has 1 saturated heterocycles. The molecule has 2 fully saturated rings. The van der Waals surface area contributed by atoms with Gasteiger partial charge in [-0.1, -0.05) is 19.3 Å². The molecule has 0 aromatic heterocycles. The standard InChI is InChI=1S/C18H26N2O3S2/c1-24-17-10-9-15(13-16(17)18(21)20-11-5-6-12-20)25(22,23)19-14-7-3-2-4-8-14/h9-10,13-14,19H,2-8,11-12H2,1H3. The Bertz CT molecular complexity index is 722. The van der Waals surface area contributed by atoms with Crippen molar-refractivity contribution in [1.82, 2.24) is 9.62 Å². The summed E-state index contributed by atoms with van der Waals surface area (Å²) in [5.74, 6) is -0.0587. The molecule has 7 heteroatoms. The van der Waals surface area contributed by atoms with Gasteiger partial charge >= 0.3 is 0 Å². The summed E-state index contributed by atoms with van der Waals surface area (Å²) >= 11 is 1.47. The molecule has 0 atom stereocenters. The Morgan fingerprint density at radius 3 is 2.44 bits per heavy atom. The molecular formula is C18H26N2O3S2. The molecule has 1 N–H and O–H groups in total. The van der Waals surface area contributed by atoms with E-state index >= 15 is 0 Å². The maximum atomic E-state index is 12.8. The van der Waals surface area contributed by atoms with Crippen molar-refractivity contribution in [3.05, 3.63) is 23.8 Å². The van der Waals surface area contributed by atoms with Crippen molar-refractivity contribution in [3.63, 3.8) is 0 Å². The van der Waals surface area contributed by atoms with E-state index < -0.39 is 10.0 Å². The second-order valence-corrected chi connectivity index (χ2v) is 9.38. The normalized spacial score (nSPS) is 19.3. The Balaban J connectivity index is 1.86. The molecule has 2 aliphatic rings. The number of hydrogen-bond donors (Lipinski definition) is 1. The Morgan fingerprint density at radius 2 is 1.80 bits per heavy atom. The second kappa shape index (κ2) is 8.10. The summed E-state index contributed by atoms with van der Waals surface area (Å²) in [4.78, 5) is 15.6. The number of benzene rings is 1. The van der Waals surface area contributed by atoms with Crippen LogP contribution < -0.4 is 4.72 Å². The van der Waals surface area contributed by atoms with Crippen molar-refractivity contribution in [2.24, 2.45) is 0 Å². The number of likely N-dealkylation sites (tertiary alicyclic amines) is 1. The minimum Gasteiger partial charge on any atom is -0.339 e. The number of nitrogens with one attached hydrogen (secondary N) is 1. The van der Waals surface area contributed by atoms with Crippen LogP contribution in [-0.2, 0) is 10.0 Å². The molecule has 0 unspecified atom stereocenters. The monoisotopic (exact) mass is 382 g/mol. The lowest BCUT2D eigenvalue weighted by Gasteiger charge is -2.23. The van der Waals surface area contributed by atoms with Crippen LogP contribution in [0.5, 0.6) is 0 Å². The van der Waals surface area contributed by atoms with Gasteiger partial charge in [-0.15, -0.1) is 11.8 Å². The van der Waals surface area contributed by atoms with Gasteiger partial charge in [-0.25, -0.2) is 13.1 Å². The van der Waals surface area contributed by atoms with Gasteiger partial charge in [-0.3, -0.25) is 4.79 Å². The first-order valence-corrected chi connectivity index (χ1v) is 11.7. The summed E-state index contributed by atoms with van der Waals surface area (Å²) in [6.45, 7) is 1.51. The molecule has 138 valence electrons. The van der Waals surface area contributed by atoms with Crippen LogP contribution in [-0.4, -0.2) is 44.6 Å². The molecule has 0 radical (unpaired) electrons. The van der Waals surface area contributed by atoms with Gasteiger partial charge in [0.25, 0.3) is 5.91 Å². The molecule has 1 aromatic rings. The molecule has 1 saturated carbocycles. The van der Waals surface area contributed by atoms with Crippen LogP contribution in [0.25, 0.3) is 0 Å². The van der Waals surface area contributed by atoms with Gasteiger partial charge in [-0.05, 0) is 50.1 Å². The maximum Gasteiger partial charge on any atom is 0.255 e. The molecule has 1 aliphatic carbocycles. The Kier molecular flexibility index (Phi) is 6.07. The average molecular weight is 383 g/mol. The van der Waals surface area contributed by atoms with Gasteiger partial charge in [0.1, 0.15) is 0 Å². The fraction of sp³-hybridized carbons (Fsp3) is 0.611. The summed E-state index contributed by atoms with van der Waals surface area (Å²) < 4.78 is 28.3. The fourth-order valence-electron chi connectivity index (χ4n) is 3.62. The molecule has 1 heterocycles. The van der Waals surface area contributed by atoms with Crippen molar-refractivity contribution in [1.29, 1.82) is 0 Å². The highest BCUT2D eigenvalue weighted by molar-refractivity contribution is 7.98. The zero-order valence-electron chi connectivity index (χ0n) is 14.7.